The Labute approximate surface area is 113 Å². The predicted molar refractivity (Wildman–Crippen MR) is 74.5 cm³/mol. The van der Waals surface area contributed by atoms with E-state index in [-0.39, 0.29) is 0 Å². The van der Waals surface area contributed by atoms with Gasteiger partial charge in [-0.3, -0.25) is 0 Å². The van der Waals surface area contributed by atoms with Gasteiger partial charge < -0.3 is 4.74 Å². The van der Waals surface area contributed by atoms with Crippen LogP contribution in [0.3, 0.4) is 0 Å². The minimum Gasteiger partial charge on any atom is -0.380 e. The van der Waals surface area contributed by atoms with E-state index in [9.17, 15) is 0 Å². The zero-order chi connectivity index (χ0) is 13.4. The summed E-state index contributed by atoms with van der Waals surface area (Å²) in [7, 11) is 1.67. The van der Waals surface area contributed by atoms with Crippen LogP contribution in [0.25, 0.3) is 11.3 Å². The molecule has 1 aromatic heterocycles. The van der Waals surface area contributed by atoms with Crippen molar-refractivity contribution in [2.24, 2.45) is 0 Å². The van der Waals surface area contributed by atoms with Gasteiger partial charge in [-0.15, -0.1) is 0 Å². The van der Waals surface area contributed by atoms with E-state index in [0.717, 1.165) is 16.8 Å². The van der Waals surface area contributed by atoms with Crippen molar-refractivity contribution in [3.05, 3.63) is 47.4 Å². The lowest BCUT2D eigenvalue weighted by atomic mass is 10.1. The molecule has 0 radical (unpaired) electrons. The van der Waals surface area contributed by atoms with E-state index in [2.05, 4.69) is 9.97 Å². The van der Waals surface area contributed by atoms with Gasteiger partial charge in [0.15, 0.2) is 0 Å². The van der Waals surface area contributed by atoms with Crippen LogP contribution < -0.4 is 0 Å². The lowest BCUT2D eigenvalue weighted by Gasteiger charge is -2.07. The van der Waals surface area contributed by atoms with Crippen molar-refractivity contribution in [3.63, 3.8) is 0 Å². The van der Waals surface area contributed by atoms with E-state index < -0.39 is 0 Å². The van der Waals surface area contributed by atoms with Crippen molar-refractivity contribution in [3.8, 4) is 11.3 Å². The molecule has 0 bridgehead atoms. The molecular weight excluding hydrogens is 248 g/mol. The van der Waals surface area contributed by atoms with E-state index in [1.165, 1.54) is 6.33 Å². The van der Waals surface area contributed by atoms with E-state index in [1.54, 1.807) is 13.2 Å². The first-order valence-corrected chi connectivity index (χ1v) is 6.24. The standard InChI is InChI=1S/C12H11ClN2O.C2H6/c1-16-7-9-4-2-3-5-10(9)11-6-12(13)15-8-14-11;1-2/h2-6,8H,7H2,1H3;1-2H3. The lowest BCUT2D eigenvalue weighted by molar-refractivity contribution is 0.185. The number of nitrogens with zero attached hydrogens (tertiary/aromatic N) is 2. The molecule has 1 aromatic carbocycles. The van der Waals surface area contributed by atoms with Crippen molar-refractivity contribution in [2.75, 3.05) is 7.11 Å². The zero-order valence-corrected chi connectivity index (χ0v) is 11.6. The summed E-state index contributed by atoms with van der Waals surface area (Å²) < 4.78 is 5.14. The van der Waals surface area contributed by atoms with Crippen molar-refractivity contribution in [1.29, 1.82) is 0 Å². The van der Waals surface area contributed by atoms with Gasteiger partial charge in [-0.25, -0.2) is 9.97 Å². The number of halogens is 1. The fraction of sp³-hybridized carbons (Fsp3) is 0.286. The third-order valence-electron chi connectivity index (χ3n) is 2.23. The molecule has 18 heavy (non-hydrogen) atoms. The Kier molecular flexibility index (Phi) is 6.33. The molecule has 0 saturated heterocycles. The number of aromatic nitrogens is 2. The van der Waals surface area contributed by atoms with Crippen molar-refractivity contribution in [2.45, 2.75) is 20.5 Å². The summed E-state index contributed by atoms with van der Waals surface area (Å²) in [4.78, 5) is 8.07. The SMILES string of the molecule is CC.COCc1ccccc1-c1cc(Cl)ncn1. The summed E-state index contributed by atoms with van der Waals surface area (Å²) in [5.74, 6) is 0. The minimum atomic E-state index is 0.442. The van der Waals surface area contributed by atoms with Crippen LogP contribution in [0.1, 0.15) is 19.4 Å². The average Bonchev–Trinajstić information content (AvgIpc) is 2.42. The van der Waals surface area contributed by atoms with E-state index >= 15 is 0 Å². The molecule has 0 fully saturated rings. The third kappa shape index (κ3) is 3.79. The summed E-state index contributed by atoms with van der Waals surface area (Å²) in [5.41, 5.74) is 2.92. The highest BCUT2D eigenvalue weighted by Crippen LogP contribution is 2.23. The Balaban J connectivity index is 0.000000771. The first-order valence-electron chi connectivity index (χ1n) is 5.86. The highest BCUT2D eigenvalue weighted by Gasteiger charge is 2.06. The molecule has 3 nitrogen and oxygen atoms in total. The van der Waals surface area contributed by atoms with Gasteiger partial charge in [0, 0.05) is 18.7 Å². The summed E-state index contributed by atoms with van der Waals surface area (Å²) in [6, 6.07) is 9.68. The second-order valence-electron chi connectivity index (χ2n) is 3.32. The Morgan fingerprint density at radius 1 is 1.17 bits per heavy atom. The van der Waals surface area contributed by atoms with Gasteiger partial charge in [0.1, 0.15) is 11.5 Å². The highest BCUT2D eigenvalue weighted by atomic mass is 35.5. The number of methoxy groups -OCH3 is 1. The van der Waals surface area contributed by atoms with Crippen LogP contribution in [0, 0.1) is 0 Å². The number of ether oxygens (including phenoxy) is 1. The van der Waals surface area contributed by atoms with Crippen LogP contribution in [0.2, 0.25) is 5.15 Å². The van der Waals surface area contributed by atoms with E-state index in [4.69, 9.17) is 16.3 Å². The van der Waals surface area contributed by atoms with Gasteiger partial charge in [0.25, 0.3) is 0 Å². The topological polar surface area (TPSA) is 35.0 Å². The van der Waals surface area contributed by atoms with Gasteiger partial charge in [-0.1, -0.05) is 49.7 Å². The number of hydrogen-bond acceptors (Lipinski definition) is 3. The van der Waals surface area contributed by atoms with Crippen LogP contribution in [0.15, 0.2) is 36.7 Å². The first-order chi connectivity index (χ1) is 8.81. The minimum absolute atomic E-state index is 0.442. The van der Waals surface area contributed by atoms with Crippen molar-refractivity contribution >= 4 is 11.6 Å². The molecule has 4 heteroatoms. The Morgan fingerprint density at radius 2 is 1.89 bits per heavy atom. The van der Waals surface area contributed by atoms with Gasteiger partial charge in [-0.05, 0) is 5.56 Å². The molecule has 0 spiro atoms. The Morgan fingerprint density at radius 3 is 2.56 bits per heavy atom. The molecule has 0 aliphatic carbocycles. The monoisotopic (exact) mass is 264 g/mol. The van der Waals surface area contributed by atoms with Gasteiger partial charge in [0.05, 0.1) is 12.3 Å². The maximum atomic E-state index is 5.84. The van der Waals surface area contributed by atoms with Gasteiger partial charge >= 0.3 is 0 Å². The smallest absolute Gasteiger partial charge is 0.133 e. The summed E-state index contributed by atoms with van der Waals surface area (Å²) >= 11 is 5.84. The second kappa shape index (κ2) is 7.80. The van der Waals surface area contributed by atoms with E-state index in [1.807, 2.05) is 38.1 Å². The van der Waals surface area contributed by atoms with Gasteiger partial charge in [0.2, 0.25) is 0 Å². The number of hydrogen-bond donors (Lipinski definition) is 0. The van der Waals surface area contributed by atoms with Crippen molar-refractivity contribution in [1.82, 2.24) is 9.97 Å². The largest absolute Gasteiger partial charge is 0.380 e. The van der Waals surface area contributed by atoms with Crippen LogP contribution in [0.4, 0.5) is 0 Å². The molecule has 0 saturated carbocycles. The Bertz CT molecular complexity index is 489. The second-order valence-corrected chi connectivity index (χ2v) is 3.70. The molecule has 0 atom stereocenters. The van der Waals surface area contributed by atoms with Crippen molar-refractivity contribution < 1.29 is 4.74 Å². The summed E-state index contributed by atoms with van der Waals surface area (Å²) in [6.07, 6.45) is 1.46. The molecule has 0 amide bonds. The fourth-order valence-corrected chi connectivity index (χ4v) is 1.68. The molecule has 0 aliphatic heterocycles. The molecule has 2 rings (SSSR count). The maximum absolute atomic E-state index is 5.84. The van der Waals surface area contributed by atoms with Gasteiger partial charge in [-0.2, -0.15) is 0 Å². The molecule has 2 aromatic rings. The molecule has 96 valence electrons. The lowest BCUT2D eigenvalue weighted by Crippen LogP contribution is -1.93. The molecule has 0 aliphatic rings. The van der Waals surface area contributed by atoms with Crippen LogP contribution in [0.5, 0.6) is 0 Å². The quantitative estimate of drug-likeness (QED) is 0.787. The maximum Gasteiger partial charge on any atom is 0.133 e. The van der Waals surface area contributed by atoms with Crippen LogP contribution in [-0.2, 0) is 11.3 Å². The number of benzene rings is 1. The number of rotatable bonds is 3. The highest BCUT2D eigenvalue weighted by molar-refractivity contribution is 6.29. The fourth-order valence-electron chi connectivity index (χ4n) is 1.53. The summed E-state index contributed by atoms with van der Waals surface area (Å²) in [5, 5.41) is 0.442. The Hall–Kier alpha value is -1.45. The van der Waals surface area contributed by atoms with Crippen LogP contribution >= 0.6 is 11.6 Å². The molecular formula is C14H17ClN2O. The van der Waals surface area contributed by atoms with Crippen LogP contribution in [-0.4, -0.2) is 17.1 Å². The normalized spacial score (nSPS) is 9.56. The predicted octanol–water partition coefficient (Wildman–Crippen LogP) is 3.97. The molecule has 0 unspecified atom stereocenters. The molecule has 1 heterocycles. The van der Waals surface area contributed by atoms with E-state index in [0.29, 0.717) is 11.8 Å². The first kappa shape index (κ1) is 14.6. The summed E-state index contributed by atoms with van der Waals surface area (Å²) in [6.45, 7) is 4.55. The third-order valence-corrected chi connectivity index (χ3v) is 2.43. The zero-order valence-electron chi connectivity index (χ0n) is 10.9. The average molecular weight is 265 g/mol. The molecule has 0 N–H and O–H groups in total.